The molecule has 0 unspecified atom stereocenters. The lowest BCUT2D eigenvalue weighted by Crippen LogP contribution is -2.17. The van der Waals surface area contributed by atoms with Crippen molar-refractivity contribution in [3.63, 3.8) is 0 Å². The van der Waals surface area contributed by atoms with Crippen molar-refractivity contribution in [3.05, 3.63) is 106 Å². The average Bonchev–Trinajstić information content (AvgIpc) is 2.83. The summed E-state index contributed by atoms with van der Waals surface area (Å²) in [6.45, 7) is 4.89. The predicted molar refractivity (Wildman–Crippen MR) is 140 cm³/mol. The molecule has 0 saturated carbocycles. The summed E-state index contributed by atoms with van der Waals surface area (Å²) in [4.78, 5) is 12.7. The number of halogens is 1. The monoisotopic (exact) mass is 516 g/mol. The van der Waals surface area contributed by atoms with Gasteiger partial charge in [0.1, 0.15) is 6.61 Å². The van der Waals surface area contributed by atoms with Gasteiger partial charge in [0.15, 0.2) is 11.5 Å². The molecule has 0 bridgehead atoms. The molecule has 0 radical (unpaired) electrons. The number of hydrogen-bond acceptors (Lipinski definition) is 4. The Bertz CT molecular complexity index is 1350. The van der Waals surface area contributed by atoms with Gasteiger partial charge in [0.05, 0.1) is 17.3 Å². The van der Waals surface area contributed by atoms with Gasteiger partial charge in [-0.3, -0.25) is 4.79 Å². The summed E-state index contributed by atoms with van der Waals surface area (Å²) < 4.78 is 12.6. The maximum Gasteiger partial charge on any atom is 0.271 e. The normalized spacial score (nSPS) is 11.0. The number of aryl methyl sites for hydroxylation is 1. The first kappa shape index (κ1) is 23.5. The highest BCUT2D eigenvalue weighted by Crippen LogP contribution is 2.37. The molecule has 172 valence electrons. The molecule has 0 heterocycles. The summed E-state index contributed by atoms with van der Waals surface area (Å²) in [7, 11) is 0. The van der Waals surface area contributed by atoms with Crippen LogP contribution in [-0.4, -0.2) is 18.7 Å². The molecule has 0 fully saturated rings. The third-order valence-corrected chi connectivity index (χ3v) is 5.80. The first-order chi connectivity index (χ1) is 16.5. The second kappa shape index (κ2) is 11.0. The van der Waals surface area contributed by atoms with E-state index in [1.807, 2.05) is 67.6 Å². The van der Waals surface area contributed by atoms with Gasteiger partial charge < -0.3 is 9.47 Å². The fraction of sp³-hybridized carbons (Fsp3) is 0.143. The molecule has 5 nitrogen and oxygen atoms in total. The second-order valence-corrected chi connectivity index (χ2v) is 8.62. The van der Waals surface area contributed by atoms with E-state index < -0.39 is 0 Å². The Balaban J connectivity index is 1.49. The number of ether oxygens (including phenoxy) is 2. The van der Waals surface area contributed by atoms with Gasteiger partial charge in [0, 0.05) is 5.56 Å². The number of nitrogens with zero attached hydrogens (tertiary/aromatic N) is 1. The van der Waals surface area contributed by atoms with Crippen molar-refractivity contribution in [1.29, 1.82) is 0 Å². The highest BCUT2D eigenvalue weighted by molar-refractivity contribution is 9.10. The molecule has 1 N–H and O–H groups in total. The zero-order chi connectivity index (χ0) is 23.9. The van der Waals surface area contributed by atoms with Crippen LogP contribution in [0.4, 0.5) is 0 Å². The SMILES string of the molecule is CCOc1cc(/C=N\NC(=O)c2cccc3ccccc23)cc(Br)c1OCc1cccc(C)c1. The minimum atomic E-state index is -0.268. The van der Waals surface area contributed by atoms with E-state index in [0.29, 0.717) is 30.3 Å². The summed E-state index contributed by atoms with van der Waals surface area (Å²) in [5.74, 6) is 0.960. The standard InChI is InChI=1S/C28H25BrN2O3/c1-3-33-26-16-21(15-25(29)27(26)34-18-20-9-6-8-19(2)14-20)17-30-31-28(32)24-13-7-11-22-10-4-5-12-23(22)24/h4-17H,3,18H2,1-2H3,(H,31,32)/b30-17-. The van der Waals surface area contributed by atoms with Gasteiger partial charge in [0.25, 0.3) is 5.91 Å². The molecule has 4 rings (SSSR count). The van der Waals surface area contributed by atoms with E-state index in [9.17, 15) is 4.79 Å². The van der Waals surface area contributed by atoms with Crippen molar-refractivity contribution in [1.82, 2.24) is 5.43 Å². The number of carbonyl (C=O) groups is 1. The quantitative estimate of drug-likeness (QED) is 0.210. The maximum absolute atomic E-state index is 12.7. The van der Waals surface area contributed by atoms with E-state index in [-0.39, 0.29) is 5.91 Å². The highest BCUT2D eigenvalue weighted by atomic mass is 79.9. The van der Waals surface area contributed by atoms with Crippen LogP contribution in [0, 0.1) is 6.92 Å². The summed E-state index contributed by atoms with van der Waals surface area (Å²) in [5.41, 5.74) is 6.22. The second-order valence-electron chi connectivity index (χ2n) is 7.77. The number of benzene rings is 4. The zero-order valence-electron chi connectivity index (χ0n) is 19.0. The first-order valence-electron chi connectivity index (χ1n) is 11.0. The molecular weight excluding hydrogens is 492 g/mol. The van der Waals surface area contributed by atoms with Crippen LogP contribution in [0.25, 0.3) is 10.8 Å². The van der Waals surface area contributed by atoms with Gasteiger partial charge in [-0.25, -0.2) is 5.43 Å². The van der Waals surface area contributed by atoms with Crippen molar-refractivity contribution < 1.29 is 14.3 Å². The first-order valence-corrected chi connectivity index (χ1v) is 11.8. The summed E-state index contributed by atoms with van der Waals surface area (Å²) >= 11 is 3.59. The molecular formula is C28H25BrN2O3. The van der Waals surface area contributed by atoms with Crippen LogP contribution < -0.4 is 14.9 Å². The van der Waals surface area contributed by atoms with E-state index in [4.69, 9.17) is 9.47 Å². The number of hydrogen-bond donors (Lipinski definition) is 1. The predicted octanol–water partition coefficient (Wildman–Crippen LogP) is 6.65. The van der Waals surface area contributed by atoms with Crippen LogP contribution in [0.1, 0.15) is 34.0 Å². The topological polar surface area (TPSA) is 59.9 Å². The largest absolute Gasteiger partial charge is 0.490 e. The zero-order valence-corrected chi connectivity index (χ0v) is 20.6. The Morgan fingerprint density at radius 3 is 2.62 bits per heavy atom. The highest BCUT2D eigenvalue weighted by Gasteiger charge is 2.13. The number of nitrogens with one attached hydrogen (secondary N) is 1. The van der Waals surface area contributed by atoms with Gasteiger partial charge in [-0.05, 0) is 69.9 Å². The Morgan fingerprint density at radius 1 is 1.00 bits per heavy atom. The van der Waals surface area contributed by atoms with Crippen LogP contribution in [0.3, 0.4) is 0 Å². The molecule has 1 amide bonds. The van der Waals surface area contributed by atoms with Crippen molar-refractivity contribution in [2.45, 2.75) is 20.5 Å². The van der Waals surface area contributed by atoms with Crippen LogP contribution >= 0.6 is 15.9 Å². The Kier molecular flexibility index (Phi) is 7.60. The molecule has 0 aliphatic heterocycles. The molecule has 0 aliphatic carbocycles. The third-order valence-electron chi connectivity index (χ3n) is 5.21. The van der Waals surface area contributed by atoms with Gasteiger partial charge in [-0.2, -0.15) is 5.10 Å². The van der Waals surface area contributed by atoms with E-state index in [1.54, 1.807) is 12.3 Å². The Morgan fingerprint density at radius 2 is 1.79 bits per heavy atom. The summed E-state index contributed by atoms with van der Waals surface area (Å²) in [5, 5.41) is 6.05. The van der Waals surface area contributed by atoms with E-state index >= 15 is 0 Å². The van der Waals surface area contributed by atoms with Crippen molar-refractivity contribution >= 4 is 38.8 Å². The van der Waals surface area contributed by atoms with E-state index in [2.05, 4.69) is 45.5 Å². The van der Waals surface area contributed by atoms with Gasteiger partial charge >= 0.3 is 0 Å². The van der Waals surface area contributed by atoms with E-state index in [0.717, 1.165) is 26.4 Å². The van der Waals surface area contributed by atoms with Crippen LogP contribution in [0.15, 0.2) is 88.4 Å². The third kappa shape index (κ3) is 5.64. The van der Waals surface area contributed by atoms with Crippen LogP contribution in [0.2, 0.25) is 0 Å². The number of fused-ring (bicyclic) bond motifs is 1. The van der Waals surface area contributed by atoms with Crippen LogP contribution in [0.5, 0.6) is 11.5 Å². The Hall–Kier alpha value is -3.64. The summed E-state index contributed by atoms with van der Waals surface area (Å²) in [6, 6.07) is 25.3. The van der Waals surface area contributed by atoms with E-state index in [1.165, 1.54) is 5.56 Å². The molecule has 6 heteroatoms. The lowest BCUT2D eigenvalue weighted by molar-refractivity contribution is 0.0957. The smallest absolute Gasteiger partial charge is 0.271 e. The lowest BCUT2D eigenvalue weighted by Gasteiger charge is -2.15. The van der Waals surface area contributed by atoms with Gasteiger partial charge in [-0.15, -0.1) is 0 Å². The molecule has 34 heavy (non-hydrogen) atoms. The lowest BCUT2D eigenvalue weighted by atomic mass is 10.0. The fourth-order valence-corrected chi connectivity index (χ4v) is 4.25. The Labute approximate surface area is 207 Å². The number of hydrazone groups is 1. The molecule has 0 aromatic heterocycles. The fourth-order valence-electron chi connectivity index (χ4n) is 3.67. The minimum absolute atomic E-state index is 0.268. The summed E-state index contributed by atoms with van der Waals surface area (Å²) in [6.07, 6.45) is 1.58. The molecule has 4 aromatic rings. The average molecular weight is 517 g/mol. The molecule has 0 aliphatic rings. The van der Waals surface area contributed by atoms with Gasteiger partial charge in [0.2, 0.25) is 0 Å². The minimum Gasteiger partial charge on any atom is -0.490 e. The van der Waals surface area contributed by atoms with Crippen molar-refractivity contribution in [2.24, 2.45) is 5.10 Å². The molecule has 4 aromatic carbocycles. The molecule has 0 atom stereocenters. The molecule has 0 spiro atoms. The van der Waals surface area contributed by atoms with Crippen LogP contribution in [-0.2, 0) is 6.61 Å². The number of amides is 1. The maximum atomic E-state index is 12.7. The van der Waals surface area contributed by atoms with Crippen molar-refractivity contribution in [2.75, 3.05) is 6.61 Å². The van der Waals surface area contributed by atoms with Gasteiger partial charge in [-0.1, -0.05) is 66.2 Å². The molecule has 0 saturated heterocycles. The van der Waals surface area contributed by atoms with Crippen molar-refractivity contribution in [3.8, 4) is 11.5 Å². The number of rotatable bonds is 8. The number of carbonyl (C=O) groups excluding carboxylic acids is 1.